The van der Waals surface area contributed by atoms with Crippen LogP contribution in [0.3, 0.4) is 0 Å². The summed E-state index contributed by atoms with van der Waals surface area (Å²) in [7, 11) is 0. The van der Waals surface area contributed by atoms with Gasteiger partial charge in [0.15, 0.2) is 0 Å². The highest BCUT2D eigenvalue weighted by atomic mass is 32.1. The third-order valence-corrected chi connectivity index (χ3v) is 6.26. The molecule has 2 heterocycles. The first kappa shape index (κ1) is 19.5. The van der Waals surface area contributed by atoms with Crippen LogP contribution in [0.5, 0.6) is 0 Å². The predicted octanol–water partition coefficient (Wildman–Crippen LogP) is 4.42. The van der Waals surface area contributed by atoms with Crippen LogP contribution in [-0.2, 0) is 17.7 Å². The van der Waals surface area contributed by atoms with E-state index in [4.69, 9.17) is 4.74 Å². The molecular formula is C23H27FN2OS. The minimum absolute atomic E-state index is 0.150. The summed E-state index contributed by atoms with van der Waals surface area (Å²) in [6, 6.07) is 15.8. The zero-order chi connectivity index (χ0) is 19.2. The molecule has 0 saturated carbocycles. The molecule has 1 aromatic heterocycles. The SMILES string of the molecule is Fc1cccc(CN2CCN(CCOCCc3ccc4sccc4c3)CC2)c1. The average molecular weight is 399 g/mol. The Morgan fingerprint density at radius 3 is 2.61 bits per heavy atom. The number of rotatable bonds is 8. The highest BCUT2D eigenvalue weighted by molar-refractivity contribution is 7.17. The van der Waals surface area contributed by atoms with E-state index in [0.29, 0.717) is 0 Å². The molecule has 3 aromatic rings. The molecule has 1 aliphatic heterocycles. The smallest absolute Gasteiger partial charge is 0.123 e. The Hall–Kier alpha value is -1.79. The fourth-order valence-electron chi connectivity index (χ4n) is 3.72. The molecule has 5 heteroatoms. The third-order valence-electron chi connectivity index (χ3n) is 5.36. The van der Waals surface area contributed by atoms with Gasteiger partial charge >= 0.3 is 0 Å². The molecule has 148 valence electrons. The van der Waals surface area contributed by atoms with Gasteiger partial charge in [-0.2, -0.15) is 0 Å². The lowest BCUT2D eigenvalue weighted by Crippen LogP contribution is -2.46. The molecule has 0 bridgehead atoms. The molecule has 3 nitrogen and oxygen atoms in total. The van der Waals surface area contributed by atoms with Crippen LogP contribution in [0.1, 0.15) is 11.1 Å². The van der Waals surface area contributed by atoms with Crippen LogP contribution in [0.4, 0.5) is 4.39 Å². The first-order chi connectivity index (χ1) is 13.8. The summed E-state index contributed by atoms with van der Waals surface area (Å²) < 4.78 is 20.5. The van der Waals surface area contributed by atoms with E-state index in [1.54, 1.807) is 23.5 Å². The maximum atomic E-state index is 13.3. The van der Waals surface area contributed by atoms with Gasteiger partial charge in [0.05, 0.1) is 13.2 Å². The fourth-order valence-corrected chi connectivity index (χ4v) is 4.49. The predicted molar refractivity (Wildman–Crippen MR) is 114 cm³/mol. The minimum atomic E-state index is -0.150. The van der Waals surface area contributed by atoms with Crippen LogP contribution in [0, 0.1) is 5.82 Å². The first-order valence-corrected chi connectivity index (χ1v) is 10.9. The van der Waals surface area contributed by atoms with Crippen LogP contribution in [0.15, 0.2) is 53.9 Å². The van der Waals surface area contributed by atoms with E-state index >= 15 is 0 Å². The summed E-state index contributed by atoms with van der Waals surface area (Å²) in [4.78, 5) is 4.85. The Morgan fingerprint density at radius 1 is 0.893 bits per heavy atom. The van der Waals surface area contributed by atoms with Crippen LogP contribution in [0.25, 0.3) is 10.1 Å². The van der Waals surface area contributed by atoms with Crippen molar-refractivity contribution in [1.82, 2.24) is 9.80 Å². The second-order valence-corrected chi connectivity index (χ2v) is 8.35. The van der Waals surface area contributed by atoms with E-state index in [-0.39, 0.29) is 5.82 Å². The quantitative estimate of drug-likeness (QED) is 0.523. The lowest BCUT2D eigenvalue weighted by atomic mass is 10.1. The van der Waals surface area contributed by atoms with Gasteiger partial charge in [-0.05, 0) is 52.6 Å². The third kappa shape index (κ3) is 5.39. The molecule has 1 saturated heterocycles. The van der Waals surface area contributed by atoms with Crippen LogP contribution >= 0.6 is 11.3 Å². The van der Waals surface area contributed by atoms with Crippen molar-refractivity contribution in [2.24, 2.45) is 0 Å². The van der Waals surface area contributed by atoms with Gasteiger partial charge in [-0.3, -0.25) is 9.80 Å². The van der Waals surface area contributed by atoms with Gasteiger partial charge in [0.25, 0.3) is 0 Å². The standard InChI is InChI=1S/C23H27FN2OS/c24-22-3-1-2-20(17-22)18-26-10-8-25(9-11-26)12-14-27-13-6-19-4-5-23-21(16-19)7-15-28-23/h1-5,7,15-17H,6,8-14,18H2. The Labute approximate surface area is 170 Å². The van der Waals surface area contributed by atoms with E-state index in [1.165, 1.54) is 21.7 Å². The summed E-state index contributed by atoms with van der Waals surface area (Å²) >= 11 is 1.79. The lowest BCUT2D eigenvalue weighted by Gasteiger charge is -2.34. The molecule has 0 radical (unpaired) electrons. The Bertz CT molecular complexity index is 889. The van der Waals surface area contributed by atoms with Crippen LogP contribution < -0.4 is 0 Å². The van der Waals surface area contributed by atoms with E-state index in [9.17, 15) is 4.39 Å². The molecule has 0 unspecified atom stereocenters. The van der Waals surface area contributed by atoms with Gasteiger partial charge in [-0.25, -0.2) is 4.39 Å². The Morgan fingerprint density at radius 2 is 1.75 bits per heavy atom. The average Bonchev–Trinajstić information content (AvgIpc) is 3.17. The molecule has 0 amide bonds. The number of piperazine rings is 1. The summed E-state index contributed by atoms with van der Waals surface area (Å²) in [5.74, 6) is -0.150. The van der Waals surface area contributed by atoms with Gasteiger partial charge < -0.3 is 4.74 Å². The highest BCUT2D eigenvalue weighted by Crippen LogP contribution is 2.21. The van der Waals surface area contributed by atoms with Crippen molar-refractivity contribution in [3.63, 3.8) is 0 Å². The molecule has 1 fully saturated rings. The molecule has 0 N–H and O–H groups in total. The van der Waals surface area contributed by atoms with E-state index in [2.05, 4.69) is 39.4 Å². The normalized spacial score (nSPS) is 16.0. The van der Waals surface area contributed by atoms with Gasteiger partial charge in [-0.1, -0.05) is 24.3 Å². The first-order valence-electron chi connectivity index (χ1n) is 9.99. The number of thiophene rings is 1. The largest absolute Gasteiger partial charge is 0.380 e. The maximum absolute atomic E-state index is 13.3. The van der Waals surface area contributed by atoms with E-state index in [1.807, 2.05) is 6.07 Å². The maximum Gasteiger partial charge on any atom is 0.123 e. The summed E-state index contributed by atoms with van der Waals surface area (Å²) in [5.41, 5.74) is 2.40. The summed E-state index contributed by atoms with van der Waals surface area (Å²) in [6.07, 6.45) is 0.965. The Balaban J connectivity index is 1.11. The molecule has 1 aliphatic rings. The summed E-state index contributed by atoms with van der Waals surface area (Å²) in [5, 5.41) is 3.47. The van der Waals surface area contributed by atoms with Crippen LogP contribution in [-0.4, -0.2) is 55.7 Å². The minimum Gasteiger partial charge on any atom is -0.380 e. The molecule has 28 heavy (non-hydrogen) atoms. The van der Waals surface area contributed by atoms with E-state index in [0.717, 1.165) is 64.5 Å². The number of benzene rings is 2. The number of halogens is 1. The second-order valence-electron chi connectivity index (χ2n) is 7.40. The summed E-state index contributed by atoms with van der Waals surface area (Å²) in [6.45, 7) is 7.52. The van der Waals surface area contributed by atoms with Crippen molar-refractivity contribution in [3.8, 4) is 0 Å². The fraction of sp³-hybridized carbons (Fsp3) is 0.391. The van der Waals surface area contributed by atoms with Gasteiger partial charge in [0.2, 0.25) is 0 Å². The van der Waals surface area contributed by atoms with E-state index < -0.39 is 0 Å². The number of nitrogens with zero attached hydrogens (tertiary/aromatic N) is 2. The van der Waals surface area contributed by atoms with Crippen molar-refractivity contribution in [3.05, 3.63) is 70.9 Å². The molecule has 0 aliphatic carbocycles. The Kier molecular flexibility index (Phi) is 6.70. The monoisotopic (exact) mass is 398 g/mol. The lowest BCUT2D eigenvalue weighted by molar-refractivity contribution is 0.0747. The van der Waals surface area contributed by atoms with Gasteiger partial charge in [0, 0.05) is 44.0 Å². The van der Waals surface area contributed by atoms with Crippen molar-refractivity contribution in [1.29, 1.82) is 0 Å². The number of fused-ring (bicyclic) bond motifs is 1. The van der Waals surface area contributed by atoms with Crippen molar-refractivity contribution < 1.29 is 9.13 Å². The number of hydrogen-bond donors (Lipinski definition) is 0. The van der Waals surface area contributed by atoms with Crippen LogP contribution in [0.2, 0.25) is 0 Å². The van der Waals surface area contributed by atoms with Crippen molar-refractivity contribution >= 4 is 21.4 Å². The molecular weight excluding hydrogens is 371 g/mol. The zero-order valence-corrected chi connectivity index (χ0v) is 17.0. The molecule has 2 aromatic carbocycles. The van der Waals surface area contributed by atoms with Gasteiger partial charge in [0.1, 0.15) is 5.82 Å². The van der Waals surface area contributed by atoms with Gasteiger partial charge in [-0.15, -0.1) is 11.3 Å². The van der Waals surface area contributed by atoms with Crippen molar-refractivity contribution in [2.45, 2.75) is 13.0 Å². The number of ether oxygens (including phenoxy) is 1. The second kappa shape index (κ2) is 9.61. The topological polar surface area (TPSA) is 15.7 Å². The molecule has 0 atom stereocenters. The molecule has 4 rings (SSSR count). The zero-order valence-electron chi connectivity index (χ0n) is 16.1. The molecule has 0 spiro atoms. The highest BCUT2D eigenvalue weighted by Gasteiger charge is 2.16. The number of hydrogen-bond acceptors (Lipinski definition) is 4. The van der Waals surface area contributed by atoms with Crippen molar-refractivity contribution in [2.75, 3.05) is 45.9 Å².